The molecular weight excluding hydrogens is 356 g/mol. The van der Waals surface area contributed by atoms with Gasteiger partial charge >= 0.3 is 0 Å². The highest BCUT2D eigenvalue weighted by atomic mass is 32.1. The van der Waals surface area contributed by atoms with Gasteiger partial charge in [0.25, 0.3) is 0 Å². The lowest BCUT2D eigenvalue weighted by molar-refractivity contribution is -0.130. The first-order valence-electron chi connectivity index (χ1n) is 9.17. The van der Waals surface area contributed by atoms with E-state index < -0.39 is 11.5 Å². The van der Waals surface area contributed by atoms with Crippen molar-refractivity contribution in [2.45, 2.75) is 43.6 Å². The molecule has 1 aliphatic heterocycles. The van der Waals surface area contributed by atoms with Gasteiger partial charge in [0.2, 0.25) is 5.91 Å². The number of guanidine groups is 1. The van der Waals surface area contributed by atoms with E-state index in [4.69, 9.17) is 10.7 Å². The second-order valence-corrected chi connectivity index (χ2v) is 8.60. The average Bonchev–Trinajstić information content (AvgIpc) is 3.10. The monoisotopic (exact) mass is 378 g/mol. The van der Waals surface area contributed by atoms with Crippen LogP contribution in [0.25, 0.3) is 0 Å². The molecular formula is C21H22N4OS. The van der Waals surface area contributed by atoms with Gasteiger partial charge in [0.05, 0.1) is 5.92 Å². The summed E-state index contributed by atoms with van der Waals surface area (Å²) in [6.45, 7) is 1.93. The van der Waals surface area contributed by atoms with E-state index in [1.165, 1.54) is 41.1 Å². The van der Waals surface area contributed by atoms with Crippen LogP contribution in [0.4, 0.5) is 0 Å². The molecule has 4 rings (SSSR count). The third-order valence-electron chi connectivity index (χ3n) is 5.89. The highest BCUT2D eigenvalue weighted by Gasteiger charge is 2.48. The Morgan fingerprint density at radius 2 is 1.89 bits per heavy atom. The van der Waals surface area contributed by atoms with E-state index >= 15 is 0 Å². The number of hydrogen-bond acceptors (Lipinski definition) is 5. The number of amides is 1. The van der Waals surface area contributed by atoms with Crippen LogP contribution in [-0.4, -0.2) is 23.8 Å². The van der Waals surface area contributed by atoms with Crippen molar-refractivity contribution in [2.24, 2.45) is 10.7 Å². The van der Waals surface area contributed by atoms with Crippen molar-refractivity contribution in [3.8, 4) is 6.07 Å². The molecule has 2 aliphatic rings. The van der Waals surface area contributed by atoms with Crippen molar-refractivity contribution in [1.82, 2.24) is 4.90 Å². The lowest BCUT2D eigenvalue weighted by Crippen LogP contribution is -2.52. The normalized spacial score (nSPS) is 25.7. The summed E-state index contributed by atoms with van der Waals surface area (Å²) in [6, 6.07) is 14.2. The first-order chi connectivity index (χ1) is 12.9. The molecule has 1 aromatic heterocycles. The molecule has 6 heteroatoms. The molecule has 2 unspecified atom stereocenters. The fourth-order valence-electron chi connectivity index (χ4n) is 3.96. The number of likely N-dealkylation sites (N-methyl/N-ethyl adjacent to an activating group) is 1. The molecule has 1 saturated carbocycles. The molecule has 1 aromatic carbocycles. The van der Waals surface area contributed by atoms with Gasteiger partial charge in [0.15, 0.2) is 5.96 Å². The quantitative estimate of drug-likeness (QED) is 0.884. The first-order valence-corrected chi connectivity index (χ1v) is 9.99. The van der Waals surface area contributed by atoms with Crippen molar-refractivity contribution in [1.29, 1.82) is 5.26 Å². The fourth-order valence-corrected chi connectivity index (χ4v) is 4.89. The van der Waals surface area contributed by atoms with Crippen molar-refractivity contribution >= 4 is 23.2 Å². The summed E-state index contributed by atoms with van der Waals surface area (Å²) in [4.78, 5) is 20.8. The van der Waals surface area contributed by atoms with Gasteiger partial charge in [-0.05, 0) is 48.9 Å². The summed E-state index contributed by atoms with van der Waals surface area (Å²) in [6.07, 6.45) is 3.79. The maximum atomic E-state index is 13.2. The fraction of sp³-hybridized carbons (Fsp3) is 0.381. The minimum Gasteiger partial charge on any atom is -0.369 e. The maximum absolute atomic E-state index is 13.2. The summed E-state index contributed by atoms with van der Waals surface area (Å²) < 4.78 is 0. The molecule has 2 N–H and O–H groups in total. The molecule has 2 atom stereocenters. The zero-order valence-electron chi connectivity index (χ0n) is 15.5. The molecule has 0 saturated heterocycles. The molecule has 2 heterocycles. The minimum absolute atomic E-state index is 0.0756. The van der Waals surface area contributed by atoms with Gasteiger partial charge < -0.3 is 5.73 Å². The van der Waals surface area contributed by atoms with Gasteiger partial charge in [-0.25, -0.2) is 4.99 Å². The Bertz CT molecular complexity index is 951. The highest BCUT2D eigenvalue weighted by Crippen LogP contribution is 2.46. The van der Waals surface area contributed by atoms with E-state index in [9.17, 15) is 10.1 Å². The van der Waals surface area contributed by atoms with Crippen LogP contribution >= 0.6 is 11.3 Å². The zero-order valence-corrected chi connectivity index (χ0v) is 16.3. The Morgan fingerprint density at radius 1 is 1.22 bits per heavy atom. The van der Waals surface area contributed by atoms with Gasteiger partial charge in [0, 0.05) is 11.9 Å². The molecule has 1 amide bonds. The maximum Gasteiger partial charge on any atom is 0.239 e. The predicted octanol–water partition coefficient (Wildman–Crippen LogP) is 3.67. The van der Waals surface area contributed by atoms with Crippen molar-refractivity contribution in [3.05, 3.63) is 57.3 Å². The van der Waals surface area contributed by atoms with Gasteiger partial charge in [-0.15, -0.1) is 11.3 Å². The van der Waals surface area contributed by atoms with Crippen LogP contribution in [0, 0.1) is 11.3 Å². The van der Waals surface area contributed by atoms with E-state index in [2.05, 4.69) is 30.3 Å². The van der Waals surface area contributed by atoms with E-state index in [1.807, 2.05) is 13.0 Å². The summed E-state index contributed by atoms with van der Waals surface area (Å²) in [7, 11) is 1.66. The Morgan fingerprint density at radius 3 is 2.44 bits per heavy atom. The van der Waals surface area contributed by atoms with Crippen LogP contribution in [0.1, 0.15) is 58.9 Å². The van der Waals surface area contributed by atoms with Gasteiger partial charge in [-0.3, -0.25) is 9.69 Å². The molecule has 2 aromatic rings. The molecule has 1 fully saturated rings. The van der Waals surface area contributed by atoms with E-state index in [0.717, 1.165) is 10.4 Å². The Balaban J connectivity index is 1.79. The smallest absolute Gasteiger partial charge is 0.239 e. The minimum atomic E-state index is -0.828. The number of carbonyl (C=O) groups is 1. The second kappa shape index (κ2) is 6.50. The van der Waals surface area contributed by atoms with Gasteiger partial charge in [-0.2, -0.15) is 5.26 Å². The molecule has 5 nitrogen and oxygen atoms in total. The number of nitrogens with zero attached hydrogens (tertiary/aromatic N) is 3. The predicted molar refractivity (Wildman–Crippen MR) is 107 cm³/mol. The third kappa shape index (κ3) is 2.83. The van der Waals surface area contributed by atoms with Crippen LogP contribution < -0.4 is 5.73 Å². The molecule has 27 heavy (non-hydrogen) atoms. The number of aliphatic imine (C=N–C) groups is 1. The van der Waals surface area contributed by atoms with Gasteiger partial charge in [0.1, 0.15) is 16.5 Å². The second-order valence-electron chi connectivity index (χ2n) is 7.52. The lowest BCUT2D eigenvalue weighted by Gasteiger charge is -2.40. The summed E-state index contributed by atoms with van der Waals surface area (Å²) in [5.41, 5.74) is 7.49. The van der Waals surface area contributed by atoms with Crippen LogP contribution in [0.2, 0.25) is 0 Å². The van der Waals surface area contributed by atoms with Crippen LogP contribution in [-0.2, 0) is 10.3 Å². The standard InChI is InChI=1S/C21H22N4OS/c1-21(17-11-10-16(12-22)27-17)18(19(26)25(2)20(23)24-21)15-8-6-14(7-9-15)13-4-3-5-13/h6-11,13,18H,3-5H2,1-2H3,(H2,23,24). The Hall–Kier alpha value is -2.65. The first kappa shape index (κ1) is 17.7. The Kier molecular flexibility index (Phi) is 4.27. The summed E-state index contributed by atoms with van der Waals surface area (Å²) in [5.74, 6) is 0.305. The summed E-state index contributed by atoms with van der Waals surface area (Å²) >= 11 is 1.37. The van der Waals surface area contributed by atoms with E-state index in [1.54, 1.807) is 13.1 Å². The molecule has 0 spiro atoms. The molecule has 1 aliphatic carbocycles. The number of benzene rings is 1. The third-order valence-corrected chi connectivity index (χ3v) is 7.11. The Labute approximate surface area is 163 Å². The van der Waals surface area contributed by atoms with Crippen molar-refractivity contribution < 1.29 is 4.79 Å². The van der Waals surface area contributed by atoms with E-state index in [0.29, 0.717) is 10.8 Å². The van der Waals surface area contributed by atoms with Crippen LogP contribution in [0.5, 0.6) is 0 Å². The largest absolute Gasteiger partial charge is 0.369 e. The number of carbonyl (C=O) groups excluding carboxylic acids is 1. The van der Waals surface area contributed by atoms with Crippen molar-refractivity contribution in [2.75, 3.05) is 7.05 Å². The topological polar surface area (TPSA) is 82.5 Å². The SMILES string of the molecule is CN1C(=O)C(c2ccc(C3CCC3)cc2)C(C)(c2ccc(C#N)s2)N=C1N. The zero-order chi connectivity index (χ0) is 19.2. The number of rotatable bonds is 3. The number of thiophene rings is 1. The highest BCUT2D eigenvalue weighted by molar-refractivity contribution is 7.12. The summed E-state index contributed by atoms with van der Waals surface area (Å²) in [5, 5.41) is 9.20. The number of nitriles is 1. The molecule has 0 bridgehead atoms. The van der Waals surface area contributed by atoms with E-state index in [-0.39, 0.29) is 11.9 Å². The molecule has 138 valence electrons. The van der Waals surface area contributed by atoms with Crippen molar-refractivity contribution in [3.63, 3.8) is 0 Å². The number of nitrogens with two attached hydrogens (primary N) is 1. The average molecular weight is 379 g/mol. The van der Waals surface area contributed by atoms with Crippen LogP contribution in [0.3, 0.4) is 0 Å². The van der Waals surface area contributed by atoms with Crippen LogP contribution in [0.15, 0.2) is 41.4 Å². The lowest BCUT2D eigenvalue weighted by atomic mass is 9.76. The van der Waals surface area contributed by atoms with Gasteiger partial charge in [-0.1, -0.05) is 30.7 Å². The number of hydrogen-bond donors (Lipinski definition) is 1. The molecule has 0 radical (unpaired) electrons.